The number of carbonyl (C=O) groups excluding carboxylic acids is 1. The third-order valence-electron chi connectivity index (χ3n) is 4.09. The van der Waals surface area contributed by atoms with Gasteiger partial charge in [-0.2, -0.15) is 0 Å². The second kappa shape index (κ2) is 7.49. The van der Waals surface area contributed by atoms with Crippen LogP contribution in [0.25, 0.3) is 0 Å². The van der Waals surface area contributed by atoms with Crippen molar-refractivity contribution in [1.29, 1.82) is 0 Å². The highest BCUT2D eigenvalue weighted by Gasteiger charge is 2.28. The van der Waals surface area contributed by atoms with E-state index in [4.69, 9.17) is 5.11 Å². The van der Waals surface area contributed by atoms with Crippen LogP contribution in [-0.2, 0) is 4.79 Å². The number of anilines is 1. The smallest absolute Gasteiger partial charge is 0.321 e. The molecule has 2 fully saturated rings. The predicted octanol–water partition coefficient (Wildman–Crippen LogP) is 3.49. The van der Waals surface area contributed by atoms with Gasteiger partial charge in [0.15, 0.2) is 0 Å². The van der Waals surface area contributed by atoms with Gasteiger partial charge in [-0.15, -0.1) is 23.5 Å². The molecule has 124 valence electrons. The molecule has 7 heteroatoms. The van der Waals surface area contributed by atoms with Crippen LogP contribution in [0.5, 0.6) is 0 Å². The zero-order valence-corrected chi connectivity index (χ0v) is 14.4. The number of likely N-dealkylation sites (tertiary alicyclic amines) is 1. The van der Waals surface area contributed by atoms with Crippen molar-refractivity contribution in [1.82, 2.24) is 4.90 Å². The van der Waals surface area contributed by atoms with Gasteiger partial charge in [0.05, 0.1) is 10.5 Å². The lowest BCUT2D eigenvalue weighted by Gasteiger charge is -2.30. The van der Waals surface area contributed by atoms with Crippen molar-refractivity contribution < 1.29 is 14.7 Å². The quantitative estimate of drug-likeness (QED) is 0.871. The molecule has 0 bridgehead atoms. The van der Waals surface area contributed by atoms with E-state index < -0.39 is 11.9 Å². The van der Waals surface area contributed by atoms with Crippen LogP contribution < -0.4 is 5.32 Å². The van der Waals surface area contributed by atoms with Gasteiger partial charge in [0.1, 0.15) is 0 Å². The second-order valence-electron chi connectivity index (χ2n) is 5.75. The van der Waals surface area contributed by atoms with Crippen molar-refractivity contribution in [2.45, 2.75) is 17.4 Å². The molecule has 0 saturated carbocycles. The molecule has 0 aromatic heterocycles. The van der Waals surface area contributed by atoms with E-state index in [0.29, 0.717) is 17.5 Å². The summed E-state index contributed by atoms with van der Waals surface area (Å²) in [6, 6.07) is 7.74. The van der Waals surface area contributed by atoms with Gasteiger partial charge in [0.2, 0.25) is 0 Å². The Morgan fingerprint density at radius 3 is 2.78 bits per heavy atom. The molecule has 2 N–H and O–H groups in total. The van der Waals surface area contributed by atoms with Gasteiger partial charge < -0.3 is 15.3 Å². The van der Waals surface area contributed by atoms with Crippen molar-refractivity contribution in [3.8, 4) is 0 Å². The van der Waals surface area contributed by atoms with Crippen molar-refractivity contribution in [3.63, 3.8) is 0 Å². The fourth-order valence-corrected chi connectivity index (χ4v) is 5.72. The number of nitrogens with zero attached hydrogens (tertiary/aromatic N) is 1. The highest BCUT2D eigenvalue weighted by molar-refractivity contribution is 8.19. The molecule has 3 rings (SSSR count). The molecule has 2 saturated heterocycles. The maximum atomic E-state index is 12.4. The largest absolute Gasteiger partial charge is 0.481 e. The number of carboxylic acid groups (broad SMARTS) is 1. The number of benzene rings is 1. The number of hydrogen-bond acceptors (Lipinski definition) is 4. The van der Waals surface area contributed by atoms with Gasteiger partial charge in [-0.1, -0.05) is 12.1 Å². The van der Waals surface area contributed by atoms with Gasteiger partial charge in [-0.3, -0.25) is 4.79 Å². The Morgan fingerprint density at radius 2 is 2.04 bits per heavy atom. The number of carboxylic acids is 1. The van der Waals surface area contributed by atoms with Crippen LogP contribution in [0.1, 0.15) is 23.0 Å². The molecule has 1 atom stereocenters. The first-order valence-corrected chi connectivity index (χ1v) is 9.85. The topological polar surface area (TPSA) is 69.6 Å². The summed E-state index contributed by atoms with van der Waals surface area (Å²) in [5, 5.41) is 12.0. The first kappa shape index (κ1) is 16.5. The average molecular weight is 352 g/mol. The molecule has 2 amide bonds. The lowest BCUT2D eigenvalue weighted by atomic mass is 9.99. The minimum Gasteiger partial charge on any atom is -0.481 e. The molecule has 23 heavy (non-hydrogen) atoms. The fraction of sp³-hybridized carbons (Fsp3) is 0.500. The molecule has 0 spiro atoms. The van der Waals surface area contributed by atoms with Crippen molar-refractivity contribution in [2.24, 2.45) is 5.92 Å². The first-order valence-electron chi connectivity index (χ1n) is 7.75. The second-order valence-corrected chi connectivity index (χ2v) is 8.48. The Kier molecular flexibility index (Phi) is 5.38. The number of amides is 2. The van der Waals surface area contributed by atoms with Gasteiger partial charge in [0, 0.05) is 30.3 Å². The summed E-state index contributed by atoms with van der Waals surface area (Å²) >= 11 is 3.86. The molecule has 2 aliphatic heterocycles. The summed E-state index contributed by atoms with van der Waals surface area (Å²) in [7, 11) is 0. The van der Waals surface area contributed by atoms with Crippen LogP contribution in [-0.4, -0.2) is 46.6 Å². The molecular formula is C16H20N2O3S2. The van der Waals surface area contributed by atoms with Crippen LogP contribution in [0.3, 0.4) is 0 Å². The number of urea groups is 1. The van der Waals surface area contributed by atoms with Gasteiger partial charge in [0.25, 0.3) is 0 Å². The third kappa shape index (κ3) is 4.14. The van der Waals surface area contributed by atoms with Crippen molar-refractivity contribution in [2.75, 3.05) is 29.9 Å². The Labute approximate surface area is 144 Å². The SMILES string of the molecule is O=C(O)C1CCCN(C(=O)Nc2cccc(C3SCCS3)c2)C1. The van der Waals surface area contributed by atoms with Crippen LogP contribution in [0.2, 0.25) is 0 Å². The monoisotopic (exact) mass is 352 g/mol. The van der Waals surface area contributed by atoms with E-state index in [9.17, 15) is 9.59 Å². The minimum absolute atomic E-state index is 0.208. The van der Waals surface area contributed by atoms with E-state index in [1.54, 1.807) is 4.90 Å². The van der Waals surface area contributed by atoms with Crippen LogP contribution in [0.4, 0.5) is 10.5 Å². The number of rotatable bonds is 3. The molecule has 0 aliphatic carbocycles. The third-order valence-corrected chi connectivity index (χ3v) is 7.19. The van der Waals surface area contributed by atoms with Crippen molar-refractivity contribution >= 4 is 41.2 Å². The number of piperidine rings is 1. The summed E-state index contributed by atoms with van der Waals surface area (Å²) in [6.45, 7) is 0.902. The van der Waals surface area contributed by atoms with Crippen LogP contribution in [0.15, 0.2) is 24.3 Å². The summed E-state index contributed by atoms with van der Waals surface area (Å²) in [5.74, 6) is 1.05. The number of nitrogens with one attached hydrogen (secondary N) is 1. The Hall–Kier alpha value is -1.34. The molecule has 0 radical (unpaired) electrons. The number of hydrogen-bond donors (Lipinski definition) is 2. The summed E-state index contributed by atoms with van der Waals surface area (Å²) in [5.41, 5.74) is 2.00. The zero-order chi connectivity index (χ0) is 16.2. The van der Waals surface area contributed by atoms with E-state index in [0.717, 1.165) is 23.6 Å². The van der Waals surface area contributed by atoms with E-state index in [1.807, 2.05) is 41.7 Å². The Bertz CT molecular complexity index is 590. The highest BCUT2D eigenvalue weighted by Crippen LogP contribution is 2.45. The molecule has 1 aromatic rings. The van der Waals surface area contributed by atoms with Crippen LogP contribution >= 0.6 is 23.5 Å². The predicted molar refractivity (Wildman–Crippen MR) is 95.1 cm³/mol. The zero-order valence-electron chi connectivity index (χ0n) is 12.7. The molecule has 5 nitrogen and oxygen atoms in total. The van der Waals surface area contributed by atoms with Gasteiger partial charge in [-0.05, 0) is 30.5 Å². The van der Waals surface area contributed by atoms with Crippen LogP contribution in [0, 0.1) is 5.92 Å². The lowest BCUT2D eigenvalue weighted by molar-refractivity contribution is -0.143. The van der Waals surface area contributed by atoms with Crippen molar-refractivity contribution in [3.05, 3.63) is 29.8 Å². The average Bonchev–Trinajstić information content (AvgIpc) is 3.10. The summed E-state index contributed by atoms with van der Waals surface area (Å²) < 4.78 is 0.443. The molecule has 1 unspecified atom stereocenters. The summed E-state index contributed by atoms with van der Waals surface area (Å²) in [4.78, 5) is 25.1. The Balaban J connectivity index is 1.63. The van der Waals surface area contributed by atoms with Gasteiger partial charge >= 0.3 is 12.0 Å². The maximum Gasteiger partial charge on any atom is 0.321 e. The standard InChI is InChI=1S/C16H20N2O3S2/c19-14(20)12-4-2-6-18(10-12)16(21)17-13-5-1-3-11(9-13)15-22-7-8-23-15/h1,3,5,9,12,15H,2,4,6-8,10H2,(H,17,21)(H,19,20). The minimum atomic E-state index is -0.820. The summed E-state index contributed by atoms with van der Waals surface area (Å²) in [6.07, 6.45) is 1.38. The van der Waals surface area contributed by atoms with E-state index in [-0.39, 0.29) is 12.6 Å². The molecule has 2 heterocycles. The highest BCUT2D eigenvalue weighted by atomic mass is 32.2. The van der Waals surface area contributed by atoms with Gasteiger partial charge in [-0.25, -0.2) is 4.79 Å². The Morgan fingerprint density at radius 1 is 1.26 bits per heavy atom. The first-order chi connectivity index (χ1) is 11.1. The van der Waals surface area contributed by atoms with E-state index >= 15 is 0 Å². The molecule has 1 aromatic carbocycles. The normalized spacial score (nSPS) is 22.1. The maximum absolute atomic E-state index is 12.4. The number of thioether (sulfide) groups is 2. The van der Waals surface area contributed by atoms with E-state index in [1.165, 1.54) is 5.56 Å². The number of carbonyl (C=O) groups is 2. The number of aliphatic carboxylic acids is 1. The molecular weight excluding hydrogens is 332 g/mol. The fourth-order valence-electron chi connectivity index (χ4n) is 2.88. The lowest BCUT2D eigenvalue weighted by Crippen LogP contribution is -2.44. The molecule has 2 aliphatic rings. The van der Waals surface area contributed by atoms with E-state index in [2.05, 4.69) is 11.4 Å².